The zero-order chi connectivity index (χ0) is 46.9. The third-order valence-corrected chi connectivity index (χ3v) is 28.0. The van der Waals surface area contributed by atoms with Crippen molar-refractivity contribution in [3.63, 3.8) is 0 Å². The molecule has 0 unspecified atom stereocenters. The van der Waals surface area contributed by atoms with Gasteiger partial charge in [0.15, 0.2) is 0 Å². The van der Waals surface area contributed by atoms with Gasteiger partial charge in [-0.05, 0) is 104 Å². The minimum Gasteiger partial charge on any atom is -0.274 e. The molecule has 8 heteroatoms. The van der Waals surface area contributed by atoms with Crippen LogP contribution in [0.4, 0.5) is 0 Å². The Labute approximate surface area is 385 Å². The monoisotopic (exact) mass is 890 g/mol. The van der Waals surface area contributed by atoms with Gasteiger partial charge in [-0.15, -0.1) is 11.5 Å². The van der Waals surface area contributed by atoms with Crippen LogP contribution in [0, 0.1) is 0 Å². The van der Waals surface area contributed by atoms with E-state index < -0.39 is 16.1 Å². The lowest BCUT2D eigenvalue weighted by molar-refractivity contribution is 0.0641. The van der Waals surface area contributed by atoms with Crippen LogP contribution >= 0.6 is 0 Å². The van der Waals surface area contributed by atoms with E-state index in [0.29, 0.717) is 81.4 Å². The molecule has 4 amide bonds. The first-order chi connectivity index (χ1) is 30.4. The first-order valence-corrected chi connectivity index (χ1v) is 27.8. The predicted molar refractivity (Wildman–Crippen MR) is 271 cm³/mol. The van der Waals surface area contributed by atoms with Gasteiger partial charge in [-0.2, -0.15) is 0 Å². The van der Waals surface area contributed by atoms with Gasteiger partial charge in [0.05, 0.1) is 22.3 Å². The molecule has 0 saturated carbocycles. The van der Waals surface area contributed by atoms with Crippen LogP contribution in [0.5, 0.6) is 0 Å². The molecule has 2 aliphatic rings. The summed E-state index contributed by atoms with van der Waals surface area (Å²) in [4.78, 5) is 53.4. The molecule has 0 radical (unpaired) electrons. The normalized spacial score (nSPS) is 13.7. The van der Waals surface area contributed by atoms with Crippen LogP contribution in [0.15, 0.2) is 133 Å². The number of imide groups is 2. The number of carbonyl (C=O) groups excluding carboxylic acids is 4. The summed E-state index contributed by atoms with van der Waals surface area (Å²) < 4.78 is 0. The molecule has 0 aliphatic carbocycles. The van der Waals surface area contributed by atoms with Crippen molar-refractivity contribution >= 4 is 50.2 Å². The Morgan fingerprint density at radius 1 is 0.406 bits per heavy atom. The van der Waals surface area contributed by atoms with Gasteiger partial charge >= 0.3 is 0 Å². The van der Waals surface area contributed by atoms with Crippen LogP contribution in [-0.4, -0.2) is 62.7 Å². The van der Waals surface area contributed by atoms with Crippen molar-refractivity contribution in [3.05, 3.63) is 166 Å². The summed E-state index contributed by atoms with van der Waals surface area (Å²) in [6.45, 7) is 29.0. The molecule has 4 aromatic rings. The smallest absolute Gasteiger partial charge is 0.261 e. The first kappa shape index (κ1) is 49.6. The molecule has 2 heterocycles. The van der Waals surface area contributed by atoms with Crippen molar-refractivity contribution in [1.29, 1.82) is 0 Å². The number of fused-ring (bicyclic) bond motifs is 2. The van der Waals surface area contributed by atoms with Crippen molar-refractivity contribution in [1.82, 2.24) is 9.80 Å². The maximum absolute atomic E-state index is 12.7. The molecule has 336 valence electrons. The SMILES string of the molecule is CC(C)[Si](C(=C=CCCN1C(=O)c2ccccc2C1=O)c1ccccc1)(C(C)C)C(C)C.CC(C)[Si](C(=C=CCCN1C(=O)c2ccccc2C1=O)c1ccccc1)(C(C)C)C(C)C. The number of nitrogens with zero attached hydrogens (tertiary/aromatic N) is 2. The molecule has 0 fully saturated rings. The molecule has 0 aromatic heterocycles. The van der Waals surface area contributed by atoms with Gasteiger partial charge in [0.1, 0.15) is 16.1 Å². The summed E-state index contributed by atoms with van der Waals surface area (Å²) in [7, 11) is -3.86. The van der Waals surface area contributed by atoms with Crippen LogP contribution in [-0.2, 0) is 0 Å². The minimum absolute atomic E-state index is 0.193. The highest BCUT2D eigenvalue weighted by Crippen LogP contribution is 2.51. The molecule has 6 rings (SSSR count). The number of benzene rings is 4. The van der Waals surface area contributed by atoms with Crippen molar-refractivity contribution in [2.45, 2.75) is 129 Å². The molecule has 4 aromatic carbocycles. The molecular weight excluding hydrogens is 821 g/mol. The predicted octanol–water partition coefficient (Wildman–Crippen LogP) is 14.3. The zero-order valence-corrected chi connectivity index (χ0v) is 42.4. The third kappa shape index (κ3) is 9.67. The highest BCUT2D eigenvalue weighted by Gasteiger charge is 2.48. The van der Waals surface area contributed by atoms with E-state index in [2.05, 4.69) is 155 Å². The van der Waals surface area contributed by atoms with Gasteiger partial charge in [-0.25, -0.2) is 0 Å². The highest BCUT2D eigenvalue weighted by molar-refractivity contribution is 7.00. The van der Waals surface area contributed by atoms with E-state index in [1.54, 1.807) is 48.5 Å². The van der Waals surface area contributed by atoms with Gasteiger partial charge < -0.3 is 0 Å². The summed E-state index contributed by atoms with van der Waals surface area (Å²) >= 11 is 0. The van der Waals surface area contributed by atoms with E-state index >= 15 is 0 Å². The zero-order valence-electron chi connectivity index (χ0n) is 40.4. The van der Waals surface area contributed by atoms with Crippen molar-refractivity contribution in [3.8, 4) is 0 Å². The maximum atomic E-state index is 12.7. The highest BCUT2D eigenvalue weighted by atomic mass is 28.3. The first-order valence-electron chi connectivity index (χ1n) is 23.4. The lowest BCUT2D eigenvalue weighted by atomic mass is 10.1. The van der Waals surface area contributed by atoms with Crippen LogP contribution in [0.25, 0.3) is 10.4 Å². The topological polar surface area (TPSA) is 74.8 Å². The number of hydrogen-bond donors (Lipinski definition) is 0. The molecule has 0 N–H and O–H groups in total. The summed E-state index contributed by atoms with van der Waals surface area (Å²) in [5.41, 5.74) is 15.3. The lowest BCUT2D eigenvalue weighted by Gasteiger charge is -2.44. The van der Waals surface area contributed by atoms with E-state index in [1.165, 1.54) is 31.3 Å². The Morgan fingerprint density at radius 3 is 0.875 bits per heavy atom. The minimum atomic E-state index is -1.93. The van der Waals surface area contributed by atoms with E-state index in [0.717, 1.165) is 0 Å². The van der Waals surface area contributed by atoms with Gasteiger partial charge in [-0.3, -0.25) is 29.0 Å². The largest absolute Gasteiger partial charge is 0.274 e. The van der Waals surface area contributed by atoms with Crippen molar-refractivity contribution in [2.24, 2.45) is 0 Å². The Bertz CT molecular complexity index is 2150. The fraction of sp³-hybridized carbons (Fsp3) is 0.393. The van der Waals surface area contributed by atoms with E-state index in [9.17, 15) is 19.2 Å². The van der Waals surface area contributed by atoms with Crippen molar-refractivity contribution < 1.29 is 19.2 Å². The molecule has 2 aliphatic heterocycles. The molecule has 0 atom stereocenters. The van der Waals surface area contributed by atoms with Gasteiger partial charge in [-0.1, -0.05) is 168 Å². The maximum Gasteiger partial charge on any atom is 0.261 e. The Kier molecular flexibility index (Phi) is 16.7. The molecule has 0 saturated heterocycles. The number of amides is 4. The van der Waals surface area contributed by atoms with Crippen LogP contribution in [0.1, 0.15) is 148 Å². The fourth-order valence-electron chi connectivity index (χ4n) is 11.5. The number of carbonyl (C=O) groups is 4. The second-order valence-electron chi connectivity index (χ2n) is 19.2. The standard InChI is InChI=1S/2C28H35NO2Si/c2*1-20(2)32(21(3)4,22(5)6)26(23-14-8-7-9-15-23)18-12-13-19-29-27(30)24-16-10-11-17-25(24)28(29)31/h2*7-12,14-17,20-22H,13,19H2,1-6H3. The number of hydrogen-bond acceptors (Lipinski definition) is 4. The summed E-state index contributed by atoms with van der Waals surface area (Å²) in [6.07, 6.45) is 5.28. The molecule has 0 spiro atoms. The van der Waals surface area contributed by atoms with Crippen LogP contribution in [0.3, 0.4) is 0 Å². The van der Waals surface area contributed by atoms with Crippen molar-refractivity contribution in [2.75, 3.05) is 13.1 Å². The second-order valence-corrected chi connectivity index (χ2v) is 30.8. The Morgan fingerprint density at radius 2 is 0.641 bits per heavy atom. The van der Waals surface area contributed by atoms with Gasteiger partial charge in [0, 0.05) is 13.1 Å². The molecular formula is C56H70N2O4Si2. The van der Waals surface area contributed by atoms with E-state index in [-0.39, 0.29) is 23.6 Å². The summed E-state index contributed by atoms with van der Waals surface area (Å²) in [5.74, 6) is -0.772. The Balaban J connectivity index is 0.000000241. The van der Waals surface area contributed by atoms with Gasteiger partial charge in [0.2, 0.25) is 0 Å². The van der Waals surface area contributed by atoms with E-state index in [4.69, 9.17) is 0 Å². The quantitative estimate of drug-likeness (QED) is 0.0638. The number of rotatable bonds is 16. The molecule has 6 nitrogen and oxygen atoms in total. The van der Waals surface area contributed by atoms with Crippen LogP contribution in [0.2, 0.25) is 33.2 Å². The third-order valence-electron chi connectivity index (χ3n) is 14.0. The van der Waals surface area contributed by atoms with E-state index in [1.807, 2.05) is 12.2 Å². The average Bonchev–Trinajstić information content (AvgIpc) is 3.65. The Hall–Kier alpha value is -5.37. The van der Waals surface area contributed by atoms with Crippen LogP contribution < -0.4 is 0 Å². The summed E-state index contributed by atoms with van der Waals surface area (Å²) in [6, 6.07) is 35.4. The molecule has 64 heavy (non-hydrogen) atoms. The second kappa shape index (κ2) is 21.5. The molecule has 0 bridgehead atoms. The lowest BCUT2D eigenvalue weighted by Crippen LogP contribution is -2.45. The summed E-state index contributed by atoms with van der Waals surface area (Å²) in [5, 5.41) is 2.70. The van der Waals surface area contributed by atoms with Gasteiger partial charge in [0.25, 0.3) is 23.6 Å². The average molecular weight is 891 g/mol. The fourth-order valence-corrected chi connectivity index (χ4v) is 25.0.